The van der Waals surface area contributed by atoms with Gasteiger partial charge in [0.15, 0.2) is 5.82 Å². The van der Waals surface area contributed by atoms with E-state index < -0.39 is 5.60 Å². The fourth-order valence-electron chi connectivity index (χ4n) is 2.70. The molecule has 0 spiro atoms. The molecule has 3 heterocycles. The number of carbonyl (C=O) groups excluding carboxylic acids is 1. The van der Waals surface area contributed by atoms with Gasteiger partial charge in [-0.1, -0.05) is 5.16 Å². The van der Waals surface area contributed by atoms with E-state index >= 15 is 0 Å². The molecule has 1 aliphatic heterocycles. The molecule has 1 N–H and O–H groups in total. The minimum Gasteiger partial charge on any atom is -0.444 e. The second-order valence-corrected chi connectivity index (χ2v) is 7.13. The Labute approximate surface area is 146 Å². The molecular formula is C17H23N5O3. The van der Waals surface area contributed by atoms with Gasteiger partial charge in [0.1, 0.15) is 11.4 Å². The summed E-state index contributed by atoms with van der Waals surface area (Å²) >= 11 is 0. The van der Waals surface area contributed by atoms with Crippen LogP contribution in [-0.2, 0) is 4.74 Å². The first-order valence-electron chi connectivity index (χ1n) is 8.31. The molecule has 8 nitrogen and oxygen atoms in total. The second-order valence-electron chi connectivity index (χ2n) is 7.13. The van der Waals surface area contributed by atoms with Crippen molar-refractivity contribution in [2.45, 2.75) is 45.8 Å². The number of hydrogen-bond donors (Lipinski definition) is 1. The molecular weight excluding hydrogens is 322 g/mol. The molecule has 25 heavy (non-hydrogen) atoms. The van der Waals surface area contributed by atoms with E-state index in [9.17, 15) is 4.79 Å². The van der Waals surface area contributed by atoms with E-state index in [-0.39, 0.29) is 12.1 Å². The third kappa shape index (κ3) is 4.46. The Morgan fingerprint density at radius 2 is 2.24 bits per heavy atom. The van der Waals surface area contributed by atoms with E-state index in [1.54, 1.807) is 13.1 Å². The van der Waals surface area contributed by atoms with Gasteiger partial charge in [0.25, 0.3) is 5.89 Å². The minimum absolute atomic E-state index is 0.0333. The molecule has 3 rings (SSSR count). The Bertz CT molecular complexity index is 753. The second kappa shape index (κ2) is 6.70. The summed E-state index contributed by atoms with van der Waals surface area (Å²) in [5.74, 6) is 1.89. The van der Waals surface area contributed by atoms with Crippen molar-refractivity contribution in [1.29, 1.82) is 0 Å². The van der Waals surface area contributed by atoms with Crippen molar-refractivity contribution in [3.63, 3.8) is 0 Å². The van der Waals surface area contributed by atoms with Crippen LogP contribution in [0.2, 0.25) is 0 Å². The molecule has 134 valence electrons. The highest BCUT2D eigenvalue weighted by molar-refractivity contribution is 5.68. The lowest BCUT2D eigenvalue weighted by atomic mass is 10.2. The van der Waals surface area contributed by atoms with Gasteiger partial charge in [-0.2, -0.15) is 4.98 Å². The van der Waals surface area contributed by atoms with Crippen LogP contribution in [0.4, 0.5) is 10.6 Å². The van der Waals surface area contributed by atoms with Crippen LogP contribution in [0.3, 0.4) is 0 Å². The molecule has 1 fully saturated rings. The molecule has 0 saturated carbocycles. The van der Waals surface area contributed by atoms with Gasteiger partial charge in [-0.05, 0) is 46.2 Å². The third-order valence-electron chi connectivity index (χ3n) is 3.75. The highest BCUT2D eigenvalue weighted by atomic mass is 16.6. The van der Waals surface area contributed by atoms with Crippen molar-refractivity contribution in [3.8, 4) is 11.5 Å². The molecule has 1 saturated heterocycles. The van der Waals surface area contributed by atoms with Gasteiger partial charge in [0.2, 0.25) is 0 Å². The van der Waals surface area contributed by atoms with E-state index in [0.717, 1.165) is 24.3 Å². The zero-order valence-electron chi connectivity index (χ0n) is 14.9. The lowest BCUT2D eigenvalue weighted by Gasteiger charge is -2.22. The van der Waals surface area contributed by atoms with Crippen LogP contribution in [0.5, 0.6) is 0 Å². The van der Waals surface area contributed by atoms with Crippen molar-refractivity contribution >= 4 is 11.9 Å². The lowest BCUT2D eigenvalue weighted by Crippen LogP contribution is -2.40. The average molecular weight is 345 g/mol. The van der Waals surface area contributed by atoms with Gasteiger partial charge < -0.3 is 19.5 Å². The van der Waals surface area contributed by atoms with Gasteiger partial charge in [-0.15, -0.1) is 0 Å². The summed E-state index contributed by atoms with van der Waals surface area (Å²) in [7, 11) is 0. The summed E-state index contributed by atoms with van der Waals surface area (Å²) < 4.78 is 10.5. The normalized spacial score (nSPS) is 17.6. The molecule has 2 aromatic rings. The molecule has 1 atom stereocenters. The number of nitrogens with zero attached hydrogens (tertiary/aromatic N) is 4. The van der Waals surface area contributed by atoms with E-state index in [4.69, 9.17) is 9.26 Å². The molecule has 0 aromatic carbocycles. The zero-order valence-corrected chi connectivity index (χ0v) is 14.9. The Morgan fingerprint density at radius 3 is 2.92 bits per heavy atom. The minimum atomic E-state index is -0.500. The average Bonchev–Trinajstić information content (AvgIpc) is 3.15. The summed E-state index contributed by atoms with van der Waals surface area (Å²) in [4.78, 5) is 22.7. The smallest absolute Gasteiger partial charge is 0.407 e. The Kier molecular flexibility index (Phi) is 4.61. The molecule has 1 aliphatic rings. The SMILES string of the molecule is Cc1noc(-c2ccnc(N3CC[C@@H](NC(=O)OC(C)(C)C)C3)c2)n1. The highest BCUT2D eigenvalue weighted by Gasteiger charge is 2.27. The monoisotopic (exact) mass is 345 g/mol. The first-order chi connectivity index (χ1) is 11.8. The molecule has 0 radical (unpaired) electrons. The maximum Gasteiger partial charge on any atom is 0.407 e. The van der Waals surface area contributed by atoms with Gasteiger partial charge in [0, 0.05) is 24.8 Å². The van der Waals surface area contributed by atoms with E-state index in [0.29, 0.717) is 18.3 Å². The first kappa shape index (κ1) is 17.2. The van der Waals surface area contributed by atoms with Crippen molar-refractivity contribution in [2.75, 3.05) is 18.0 Å². The molecule has 2 aromatic heterocycles. The number of aryl methyl sites for hydroxylation is 1. The van der Waals surface area contributed by atoms with E-state index in [2.05, 4.69) is 25.3 Å². The number of anilines is 1. The quantitative estimate of drug-likeness (QED) is 0.913. The van der Waals surface area contributed by atoms with Crippen molar-refractivity contribution in [1.82, 2.24) is 20.4 Å². The van der Waals surface area contributed by atoms with Crippen LogP contribution in [0.1, 0.15) is 33.0 Å². The summed E-state index contributed by atoms with van der Waals surface area (Å²) in [6.07, 6.45) is 2.17. The number of alkyl carbamates (subject to hydrolysis) is 1. The molecule has 0 bridgehead atoms. The fourth-order valence-corrected chi connectivity index (χ4v) is 2.70. The molecule has 0 unspecified atom stereocenters. The summed E-state index contributed by atoms with van der Waals surface area (Å²) in [5, 5.41) is 6.73. The lowest BCUT2D eigenvalue weighted by molar-refractivity contribution is 0.0509. The number of nitrogens with one attached hydrogen (secondary N) is 1. The van der Waals surface area contributed by atoms with Crippen molar-refractivity contribution in [2.24, 2.45) is 0 Å². The molecule has 0 aliphatic carbocycles. The van der Waals surface area contributed by atoms with Crippen LogP contribution < -0.4 is 10.2 Å². The third-order valence-corrected chi connectivity index (χ3v) is 3.75. The summed E-state index contributed by atoms with van der Waals surface area (Å²) in [6, 6.07) is 3.79. The highest BCUT2D eigenvalue weighted by Crippen LogP contribution is 2.24. The van der Waals surface area contributed by atoms with Crippen LogP contribution in [-0.4, -0.2) is 46.0 Å². The number of amides is 1. The number of hydrogen-bond acceptors (Lipinski definition) is 7. The first-order valence-corrected chi connectivity index (χ1v) is 8.31. The predicted molar refractivity (Wildman–Crippen MR) is 92.3 cm³/mol. The topological polar surface area (TPSA) is 93.4 Å². The number of pyridine rings is 1. The standard InChI is InChI=1S/C17H23N5O3/c1-11-19-15(25-21-11)12-5-7-18-14(9-12)22-8-6-13(10-22)20-16(23)24-17(2,3)4/h5,7,9,13H,6,8,10H2,1-4H3,(H,20,23)/t13-/m1/s1. The summed E-state index contributed by atoms with van der Waals surface area (Å²) in [6.45, 7) is 8.81. The number of carbonyl (C=O) groups is 1. The number of ether oxygens (including phenoxy) is 1. The molecule has 8 heteroatoms. The van der Waals surface area contributed by atoms with Crippen molar-refractivity contribution < 1.29 is 14.1 Å². The number of rotatable bonds is 3. The van der Waals surface area contributed by atoms with Crippen LogP contribution in [0.25, 0.3) is 11.5 Å². The predicted octanol–water partition coefficient (Wildman–Crippen LogP) is 2.54. The van der Waals surface area contributed by atoms with Gasteiger partial charge >= 0.3 is 6.09 Å². The van der Waals surface area contributed by atoms with Gasteiger partial charge in [-0.3, -0.25) is 0 Å². The largest absolute Gasteiger partial charge is 0.444 e. The summed E-state index contributed by atoms with van der Waals surface area (Å²) in [5.41, 5.74) is 0.328. The zero-order chi connectivity index (χ0) is 18.0. The Hall–Kier alpha value is -2.64. The van der Waals surface area contributed by atoms with Crippen LogP contribution in [0.15, 0.2) is 22.9 Å². The van der Waals surface area contributed by atoms with Crippen LogP contribution >= 0.6 is 0 Å². The molecule has 1 amide bonds. The van der Waals surface area contributed by atoms with Crippen molar-refractivity contribution in [3.05, 3.63) is 24.2 Å². The van der Waals surface area contributed by atoms with Gasteiger partial charge in [-0.25, -0.2) is 9.78 Å². The van der Waals surface area contributed by atoms with Crippen LogP contribution in [0, 0.1) is 6.92 Å². The number of aromatic nitrogens is 3. The Balaban J connectivity index is 1.63. The van der Waals surface area contributed by atoms with E-state index in [1.807, 2.05) is 32.9 Å². The van der Waals surface area contributed by atoms with E-state index in [1.165, 1.54) is 0 Å². The maximum atomic E-state index is 11.9. The fraction of sp³-hybridized carbons (Fsp3) is 0.529. The van der Waals surface area contributed by atoms with Gasteiger partial charge in [0.05, 0.1) is 6.04 Å². The Morgan fingerprint density at radius 1 is 1.44 bits per heavy atom. The maximum absolute atomic E-state index is 11.9.